The van der Waals surface area contributed by atoms with Crippen LogP contribution in [0.5, 0.6) is 0 Å². The van der Waals surface area contributed by atoms with Crippen LogP contribution < -0.4 is 15.9 Å². The second-order valence-electron chi connectivity index (χ2n) is 8.51. The molecule has 4 aromatic rings. The van der Waals surface area contributed by atoms with E-state index in [9.17, 15) is 0 Å². The Morgan fingerprint density at radius 1 is 0.853 bits per heavy atom. The average molecular weight is 441 g/mol. The van der Waals surface area contributed by atoms with Gasteiger partial charge < -0.3 is 9.88 Å². The molecule has 1 aliphatic carbocycles. The fourth-order valence-electron chi connectivity index (χ4n) is 4.46. The molecule has 1 N–H and O–H groups in total. The van der Waals surface area contributed by atoms with Gasteiger partial charge in [0.15, 0.2) is 0 Å². The Morgan fingerprint density at radius 3 is 2.26 bits per heavy atom. The maximum atomic E-state index is 4.48. The van der Waals surface area contributed by atoms with Gasteiger partial charge in [-0.25, -0.2) is 0 Å². The molecule has 0 spiro atoms. The van der Waals surface area contributed by atoms with Gasteiger partial charge in [-0.2, -0.15) is 0 Å². The summed E-state index contributed by atoms with van der Waals surface area (Å²) in [5.74, 6) is 0. The van der Waals surface area contributed by atoms with Crippen LogP contribution in [0.1, 0.15) is 17.5 Å². The van der Waals surface area contributed by atoms with Crippen molar-refractivity contribution in [1.82, 2.24) is 4.57 Å². The number of nitrogens with zero attached hydrogens (tertiary/aromatic N) is 1. The van der Waals surface area contributed by atoms with Gasteiger partial charge >= 0.3 is 0 Å². The molecule has 34 heavy (non-hydrogen) atoms. The van der Waals surface area contributed by atoms with E-state index in [1.807, 2.05) is 19.2 Å². The lowest BCUT2D eigenvalue weighted by Gasteiger charge is -2.10. The second-order valence-corrected chi connectivity index (χ2v) is 8.51. The van der Waals surface area contributed by atoms with Crippen LogP contribution in [0, 0.1) is 0 Å². The summed E-state index contributed by atoms with van der Waals surface area (Å²) in [6.45, 7) is 8.36. The molecule has 0 amide bonds. The van der Waals surface area contributed by atoms with Gasteiger partial charge in [-0.3, -0.25) is 0 Å². The quantitative estimate of drug-likeness (QED) is 0.365. The van der Waals surface area contributed by atoms with E-state index in [1.54, 1.807) is 0 Å². The van der Waals surface area contributed by atoms with Crippen LogP contribution >= 0.6 is 0 Å². The standard InChI is InChI=1S/C32H28N2/c1-4-24-11-18-31(19-12-24)34-23(2)29(22-32(34)27-8-6-5-7-9-27)21-25-10-13-28(20-25)26-14-16-30(33-3)17-15-26/h4-19,21-22,33H,1-2,20H2,3H3/b29-21+. The number of allylic oxidation sites excluding steroid dienone is 4. The molecular weight excluding hydrogens is 412 g/mol. The van der Waals surface area contributed by atoms with Gasteiger partial charge in [0, 0.05) is 29.0 Å². The zero-order valence-electron chi connectivity index (χ0n) is 19.5. The van der Waals surface area contributed by atoms with Gasteiger partial charge in [-0.15, -0.1) is 0 Å². The van der Waals surface area contributed by atoms with Gasteiger partial charge in [0.25, 0.3) is 0 Å². The Morgan fingerprint density at radius 2 is 1.59 bits per heavy atom. The SMILES string of the molecule is C=Cc1ccc(-n2c(-c3ccccc3)c/c(=C\C3=CC=C(c4ccc(NC)cc4)C3)c2=C)cc1. The molecule has 0 bridgehead atoms. The second kappa shape index (κ2) is 9.29. The molecule has 2 nitrogen and oxygen atoms in total. The Labute approximate surface area is 201 Å². The largest absolute Gasteiger partial charge is 0.388 e. The van der Waals surface area contributed by atoms with E-state index in [2.05, 4.69) is 120 Å². The minimum absolute atomic E-state index is 0.915. The molecule has 0 atom stereocenters. The van der Waals surface area contributed by atoms with Crippen molar-refractivity contribution in [1.29, 1.82) is 0 Å². The fourth-order valence-corrected chi connectivity index (χ4v) is 4.46. The molecule has 5 rings (SSSR count). The number of aromatic nitrogens is 1. The summed E-state index contributed by atoms with van der Waals surface area (Å²) in [6.07, 6.45) is 9.50. The van der Waals surface area contributed by atoms with Gasteiger partial charge in [0.2, 0.25) is 0 Å². The van der Waals surface area contributed by atoms with Crippen LogP contribution in [0.2, 0.25) is 0 Å². The molecule has 1 heterocycles. The third-order valence-electron chi connectivity index (χ3n) is 6.37. The molecule has 0 saturated carbocycles. The maximum Gasteiger partial charge on any atom is 0.0540 e. The Kier molecular flexibility index (Phi) is 5.88. The minimum Gasteiger partial charge on any atom is -0.388 e. The van der Waals surface area contributed by atoms with E-state index in [4.69, 9.17) is 0 Å². The fraction of sp³-hybridized carbons (Fsp3) is 0.0625. The summed E-state index contributed by atoms with van der Waals surface area (Å²) in [6, 6.07) is 29.8. The van der Waals surface area contributed by atoms with Crippen LogP contribution in [0.15, 0.2) is 109 Å². The number of rotatable bonds is 6. The summed E-state index contributed by atoms with van der Waals surface area (Å²) in [4.78, 5) is 0. The molecule has 166 valence electrons. The highest BCUT2D eigenvalue weighted by molar-refractivity contribution is 5.77. The molecule has 0 aliphatic heterocycles. The van der Waals surface area contributed by atoms with Crippen molar-refractivity contribution in [3.8, 4) is 16.9 Å². The van der Waals surface area contributed by atoms with E-state index in [-0.39, 0.29) is 0 Å². The first-order valence-electron chi connectivity index (χ1n) is 11.5. The first-order chi connectivity index (χ1) is 16.7. The molecule has 1 aliphatic rings. The van der Waals surface area contributed by atoms with Gasteiger partial charge in [-0.1, -0.05) is 86.0 Å². The van der Waals surface area contributed by atoms with Crippen LogP contribution in [-0.4, -0.2) is 11.6 Å². The van der Waals surface area contributed by atoms with Crippen molar-refractivity contribution in [3.05, 3.63) is 131 Å². The van der Waals surface area contributed by atoms with E-state index in [0.717, 1.165) is 39.6 Å². The molecule has 0 saturated heterocycles. The zero-order chi connectivity index (χ0) is 23.5. The zero-order valence-corrected chi connectivity index (χ0v) is 19.5. The van der Waals surface area contributed by atoms with Crippen LogP contribution in [0.25, 0.3) is 41.2 Å². The van der Waals surface area contributed by atoms with Gasteiger partial charge in [0.1, 0.15) is 0 Å². The van der Waals surface area contributed by atoms with E-state index in [0.29, 0.717) is 0 Å². The Hall–Kier alpha value is -4.30. The number of hydrogen-bond donors (Lipinski definition) is 1. The predicted molar refractivity (Wildman–Crippen MR) is 147 cm³/mol. The normalized spacial score (nSPS) is 13.5. The van der Waals surface area contributed by atoms with Crippen molar-refractivity contribution >= 4 is 30.0 Å². The van der Waals surface area contributed by atoms with Crippen molar-refractivity contribution in [3.63, 3.8) is 0 Å². The molecular formula is C32H28N2. The maximum absolute atomic E-state index is 4.48. The monoisotopic (exact) mass is 440 g/mol. The minimum atomic E-state index is 0.915. The summed E-state index contributed by atoms with van der Waals surface area (Å²) in [7, 11) is 1.94. The number of hydrogen-bond acceptors (Lipinski definition) is 1. The third kappa shape index (κ3) is 4.18. The molecule has 3 aromatic carbocycles. The summed E-state index contributed by atoms with van der Waals surface area (Å²) in [5, 5.41) is 5.30. The topological polar surface area (TPSA) is 17.0 Å². The summed E-state index contributed by atoms with van der Waals surface area (Å²) in [5.41, 5.74) is 9.52. The lowest BCUT2D eigenvalue weighted by atomic mass is 10.0. The smallest absolute Gasteiger partial charge is 0.0540 e. The van der Waals surface area contributed by atoms with E-state index < -0.39 is 0 Å². The molecule has 2 heteroatoms. The number of anilines is 1. The Balaban J connectivity index is 1.53. The van der Waals surface area contributed by atoms with E-state index >= 15 is 0 Å². The first kappa shape index (κ1) is 21.5. The molecule has 0 fully saturated rings. The van der Waals surface area contributed by atoms with Crippen molar-refractivity contribution in [2.45, 2.75) is 6.42 Å². The third-order valence-corrected chi connectivity index (χ3v) is 6.37. The highest BCUT2D eigenvalue weighted by atomic mass is 15.0. The average Bonchev–Trinajstić information content (AvgIpc) is 3.49. The number of nitrogens with one attached hydrogen (secondary N) is 1. The van der Waals surface area contributed by atoms with Gasteiger partial charge in [0.05, 0.1) is 5.69 Å². The highest BCUT2D eigenvalue weighted by Crippen LogP contribution is 2.29. The van der Waals surface area contributed by atoms with Crippen molar-refractivity contribution in [2.24, 2.45) is 0 Å². The lowest BCUT2D eigenvalue weighted by Crippen LogP contribution is -2.26. The van der Waals surface area contributed by atoms with Crippen molar-refractivity contribution in [2.75, 3.05) is 12.4 Å². The van der Waals surface area contributed by atoms with E-state index in [1.165, 1.54) is 22.3 Å². The van der Waals surface area contributed by atoms with Crippen LogP contribution in [-0.2, 0) is 0 Å². The Bertz CT molecular complexity index is 1500. The lowest BCUT2D eigenvalue weighted by molar-refractivity contribution is 1.04. The predicted octanol–water partition coefficient (Wildman–Crippen LogP) is 6.43. The molecule has 0 unspecified atom stereocenters. The van der Waals surface area contributed by atoms with Gasteiger partial charge in [-0.05, 0) is 70.7 Å². The molecule has 1 aromatic heterocycles. The number of benzene rings is 3. The summed E-state index contributed by atoms with van der Waals surface area (Å²) < 4.78 is 2.24. The van der Waals surface area contributed by atoms with Crippen molar-refractivity contribution < 1.29 is 0 Å². The van der Waals surface area contributed by atoms with Crippen LogP contribution in [0.4, 0.5) is 5.69 Å². The van der Waals surface area contributed by atoms with Crippen LogP contribution in [0.3, 0.4) is 0 Å². The summed E-state index contributed by atoms with van der Waals surface area (Å²) >= 11 is 0. The first-order valence-corrected chi connectivity index (χ1v) is 11.5. The molecule has 0 radical (unpaired) electrons. The highest BCUT2D eigenvalue weighted by Gasteiger charge is 2.12.